The zero-order chi connectivity index (χ0) is 18.1. The van der Waals surface area contributed by atoms with E-state index in [2.05, 4.69) is 18.4 Å². The molecular weight excluding hydrogens is 326 g/mol. The molecule has 24 heavy (non-hydrogen) atoms. The van der Waals surface area contributed by atoms with Crippen LogP contribution in [0.15, 0.2) is 6.07 Å². The van der Waals surface area contributed by atoms with Crippen LogP contribution in [0.1, 0.15) is 55.0 Å². The van der Waals surface area contributed by atoms with Crippen LogP contribution >= 0.6 is 0 Å². The highest BCUT2D eigenvalue weighted by Gasteiger charge is 2.27. The van der Waals surface area contributed by atoms with E-state index in [1.807, 2.05) is 19.9 Å². The zero-order valence-electron chi connectivity index (χ0n) is 15.4. The minimum Gasteiger partial charge on any atom is -0.346 e. The van der Waals surface area contributed by atoms with Crippen LogP contribution < -0.4 is 0 Å². The molecule has 0 N–H and O–H groups in total. The molecule has 1 fully saturated rings. The summed E-state index contributed by atoms with van der Waals surface area (Å²) in [5.74, 6) is 0.113. The Balaban J connectivity index is 2.18. The molecule has 7 heteroatoms. The number of carbonyl (C=O) groups is 1. The maximum Gasteiger partial charge on any atom is 0.255 e. The lowest BCUT2D eigenvalue weighted by Crippen LogP contribution is -2.38. The van der Waals surface area contributed by atoms with Crippen LogP contribution in [0, 0.1) is 13.8 Å². The third-order valence-corrected chi connectivity index (χ3v) is 6.61. The number of aryl methyl sites for hydroxylation is 1. The number of hydrogen-bond donors (Lipinski definition) is 0. The molecular formula is C17H29N3O3S. The molecule has 1 aliphatic rings. The van der Waals surface area contributed by atoms with Crippen molar-refractivity contribution in [3.05, 3.63) is 23.0 Å². The highest BCUT2D eigenvalue weighted by Crippen LogP contribution is 2.22. The lowest BCUT2D eigenvalue weighted by Gasteiger charge is -2.22. The van der Waals surface area contributed by atoms with Gasteiger partial charge in [-0.3, -0.25) is 4.79 Å². The van der Waals surface area contributed by atoms with Crippen molar-refractivity contribution < 1.29 is 13.2 Å². The minimum absolute atomic E-state index is 0.00532. The number of rotatable bonds is 4. The number of amides is 1. The van der Waals surface area contributed by atoms with E-state index < -0.39 is 10.0 Å². The molecule has 0 radical (unpaired) electrons. The van der Waals surface area contributed by atoms with E-state index in [0.29, 0.717) is 38.6 Å². The Bertz CT molecular complexity index is 707. The molecule has 1 aromatic heterocycles. The summed E-state index contributed by atoms with van der Waals surface area (Å²) < 4.78 is 27.8. The Kier molecular flexibility index (Phi) is 5.75. The molecule has 0 aromatic carbocycles. The second-order valence-electron chi connectivity index (χ2n) is 6.69. The summed E-state index contributed by atoms with van der Waals surface area (Å²) in [5, 5.41) is 0. The quantitative estimate of drug-likeness (QED) is 0.832. The Morgan fingerprint density at radius 2 is 1.83 bits per heavy atom. The van der Waals surface area contributed by atoms with Crippen LogP contribution in [0.2, 0.25) is 0 Å². The Hall–Kier alpha value is -1.34. The molecule has 136 valence electrons. The fraction of sp³-hybridized carbons (Fsp3) is 0.706. The van der Waals surface area contributed by atoms with Crippen molar-refractivity contribution in [2.45, 2.75) is 47.1 Å². The number of aromatic nitrogens is 1. The van der Waals surface area contributed by atoms with Gasteiger partial charge in [0.1, 0.15) is 0 Å². The van der Waals surface area contributed by atoms with Crippen molar-refractivity contribution >= 4 is 15.9 Å². The van der Waals surface area contributed by atoms with Gasteiger partial charge in [0.25, 0.3) is 5.91 Å². The summed E-state index contributed by atoms with van der Waals surface area (Å²) in [6, 6.07) is 2.25. The van der Waals surface area contributed by atoms with E-state index in [9.17, 15) is 13.2 Å². The van der Waals surface area contributed by atoms with Crippen molar-refractivity contribution in [2.24, 2.45) is 0 Å². The smallest absolute Gasteiger partial charge is 0.255 e. The normalized spacial score (nSPS) is 17.3. The highest BCUT2D eigenvalue weighted by molar-refractivity contribution is 7.89. The average molecular weight is 356 g/mol. The molecule has 1 aromatic rings. The van der Waals surface area contributed by atoms with Crippen LogP contribution in [0.25, 0.3) is 0 Å². The second-order valence-corrected chi connectivity index (χ2v) is 8.95. The van der Waals surface area contributed by atoms with Crippen LogP contribution in [0.3, 0.4) is 0 Å². The van der Waals surface area contributed by atoms with Gasteiger partial charge in [0.2, 0.25) is 10.0 Å². The monoisotopic (exact) mass is 355 g/mol. The van der Waals surface area contributed by atoms with Crippen LogP contribution in [0.5, 0.6) is 0 Å². The second kappa shape index (κ2) is 7.27. The molecule has 0 aliphatic carbocycles. The van der Waals surface area contributed by atoms with Crippen LogP contribution in [0.4, 0.5) is 0 Å². The molecule has 2 heterocycles. The number of carbonyl (C=O) groups excluding carboxylic acids is 1. The van der Waals surface area contributed by atoms with Gasteiger partial charge in [-0.1, -0.05) is 0 Å². The van der Waals surface area contributed by atoms with Crippen LogP contribution in [-0.2, 0) is 10.0 Å². The molecule has 0 bridgehead atoms. The maximum atomic E-state index is 12.9. The summed E-state index contributed by atoms with van der Waals surface area (Å²) in [4.78, 5) is 14.7. The van der Waals surface area contributed by atoms with Gasteiger partial charge in [0.05, 0.1) is 11.3 Å². The lowest BCUT2D eigenvalue weighted by atomic mass is 10.2. The molecule has 6 nitrogen and oxygen atoms in total. The largest absolute Gasteiger partial charge is 0.346 e. The van der Waals surface area contributed by atoms with Gasteiger partial charge < -0.3 is 9.47 Å². The van der Waals surface area contributed by atoms with Crippen molar-refractivity contribution in [3.8, 4) is 0 Å². The number of hydrogen-bond acceptors (Lipinski definition) is 3. The first-order valence-corrected chi connectivity index (χ1v) is 10.3. The zero-order valence-corrected chi connectivity index (χ0v) is 16.2. The standard InChI is InChI=1S/C17H29N3O3S/c1-6-24(22,23)19-9-7-8-18(10-11-19)17(21)16-12-14(4)20(13(2)3)15(16)5/h12-13H,6-11H2,1-5H3. The Morgan fingerprint density at radius 3 is 2.38 bits per heavy atom. The fourth-order valence-corrected chi connectivity index (χ4v) is 4.65. The van der Waals surface area contributed by atoms with Gasteiger partial charge in [-0.25, -0.2) is 12.7 Å². The molecule has 1 saturated heterocycles. The fourth-order valence-electron chi connectivity index (χ4n) is 3.52. The van der Waals surface area contributed by atoms with E-state index in [1.165, 1.54) is 4.31 Å². The van der Waals surface area contributed by atoms with E-state index >= 15 is 0 Å². The number of sulfonamides is 1. The minimum atomic E-state index is -3.19. The van der Waals surface area contributed by atoms with Crippen molar-refractivity contribution in [3.63, 3.8) is 0 Å². The molecule has 1 aliphatic heterocycles. The van der Waals surface area contributed by atoms with Crippen molar-refractivity contribution in [1.29, 1.82) is 0 Å². The number of nitrogens with zero attached hydrogens (tertiary/aromatic N) is 3. The van der Waals surface area contributed by atoms with Crippen LogP contribution in [-0.4, -0.2) is 60.0 Å². The van der Waals surface area contributed by atoms with Crippen molar-refractivity contribution in [2.75, 3.05) is 31.9 Å². The van der Waals surface area contributed by atoms with Gasteiger partial charge in [-0.15, -0.1) is 0 Å². The summed E-state index contributed by atoms with van der Waals surface area (Å²) in [7, 11) is -3.19. The van der Waals surface area contributed by atoms with Crippen molar-refractivity contribution in [1.82, 2.24) is 13.8 Å². The Morgan fingerprint density at radius 1 is 1.17 bits per heavy atom. The van der Waals surface area contributed by atoms with E-state index in [-0.39, 0.29) is 11.7 Å². The third-order valence-electron chi connectivity index (χ3n) is 4.73. The summed E-state index contributed by atoms with van der Waals surface area (Å²) in [5.41, 5.74) is 2.79. The molecule has 0 saturated carbocycles. The lowest BCUT2D eigenvalue weighted by molar-refractivity contribution is 0.0763. The van der Waals surface area contributed by atoms with Gasteiger partial charge in [-0.05, 0) is 47.1 Å². The topological polar surface area (TPSA) is 62.6 Å². The Labute approximate surface area is 145 Å². The predicted octanol–water partition coefficient (Wildman–Crippen LogP) is 2.18. The van der Waals surface area contributed by atoms with E-state index in [1.54, 1.807) is 11.8 Å². The van der Waals surface area contributed by atoms with E-state index in [4.69, 9.17) is 0 Å². The van der Waals surface area contributed by atoms with Gasteiger partial charge in [0.15, 0.2) is 0 Å². The average Bonchev–Trinajstić information content (AvgIpc) is 2.69. The van der Waals surface area contributed by atoms with Gasteiger partial charge >= 0.3 is 0 Å². The predicted molar refractivity (Wildman–Crippen MR) is 95.8 cm³/mol. The highest BCUT2D eigenvalue weighted by atomic mass is 32.2. The first kappa shape index (κ1) is 19.0. The molecule has 0 spiro atoms. The molecule has 0 unspecified atom stereocenters. The summed E-state index contributed by atoms with van der Waals surface area (Å²) in [6.07, 6.45) is 0.674. The SMILES string of the molecule is CCS(=O)(=O)N1CCCN(C(=O)c2cc(C)n(C(C)C)c2C)CC1. The first-order valence-electron chi connectivity index (χ1n) is 8.64. The first-order chi connectivity index (χ1) is 11.2. The third kappa shape index (κ3) is 3.67. The molecule has 0 atom stereocenters. The summed E-state index contributed by atoms with van der Waals surface area (Å²) >= 11 is 0. The van der Waals surface area contributed by atoms with Gasteiger partial charge in [-0.2, -0.15) is 0 Å². The molecule has 2 rings (SSSR count). The summed E-state index contributed by atoms with van der Waals surface area (Å²) in [6.45, 7) is 11.8. The van der Waals surface area contributed by atoms with Gasteiger partial charge in [0, 0.05) is 43.6 Å². The molecule has 1 amide bonds. The van der Waals surface area contributed by atoms with E-state index in [0.717, 1.165) is 17.0 Å². The maximum absolute atomic E-state index is 12.9.